The lowest BCUT2D eigenvalue weighted by molar-refractivity contribution is 0.628. The zero-order chi connectivity index (χ0) is 15.5. The molecule has 0 aliphatic carbocycles. The molecule has 22 heavy (non-hydrogen) atoms. The van der Waals surface area contributed by atoms with Gasteiger partial charge in [-0.2, -0.15) is 10.2 Å². The average Bonchev–Trinajstić information content (AvgIpc) is 2.78. The number of rotatable bonds is 0. The molecule has 2 aliphatic rings. The Morgan fingerprint density at radius 3 is 1.77 bits per heavy atom. The fraction of sp³-hybridized carbons (Fsp3) is 0.250. The molecule has 1 atom stereocenters. The van der Waals surface area contributed by atoms with Crippen LogP contribution in [0.3, 0.4) is 0 Å². The van der Waals surface area contributed by atoms with E-state index in [9.17, 15) is 8.42 Å². The molecule has 2 aromatic carbocycles. The molecule has 4 rings (SSSR count). The fourth-order valence-corrected chi connectivity index (χ4v) is 6.32. The van der Waals surface area contributed by atoms with Crippen molar-refractivity contribution in [2.75, 3.05) is 0 Å². The zero-order valence-electron chi connectivity index (χ0n) is 12.1. The summed E-state index contributed by atoms with van der Waals surface area (Å²) >= 11 is 0. The number of azo groups is 1. The van der Waals surface area contributed by atoms with Crippen molar-refractivity contribution >= 4 is 21.6 Å². The highest BCUT2D eigenvalue weighted by Crippen LogP contribution is 2.53. The van der Waals surface area contributed by atoms with Crippen LogP contribution in [0, 0.1) is 0 Å². The molecule has 0 saturated carbocycles. The van der Waals surface area contributed by atoms with Crippen LogP contribution < -0.4 is 0 Å². The van der Waals surface area contributed by atoms with Crippen LogP contribution in [-0.4, -0.2) is 13.3 Å². The van der Waals surface area contributed by atoms with E-state index < -0.39 is 31.3 Å². The fourth-order valence-electron chi connectivity index (χ4n) is 3.01. The maximum atomic E-state index is 13.3. The van der Waals surface area contributed by atoms with E-state index in [2.05, 4.69) is 10.2 Å². The molecule has 0 saturated heterocycles. The molecule has 1 spiro atoms. The third kappa shape index (κ3) is 1.57. The molecule has 6 heteroatoms. The molecule has 1 unspecified atom stereocenters. The molecule has 2 aromatic rings. The molecule has 0 fully saturated rings. The van der Waals surface area contributed by atoms with Gasteiger partial charge in [-0.3, -0.25) is 4.21 Å². The van der Waals surface area contributed by atoms with E-state index in [0.717, 1.165) is 11.1 Å². The highest BCUT2D eigenvalue weighted by atomic mass is 32.2. The largest absolute Gasteiger partial charge is 0.254 e. The highest BCUT2D eigenvalue weighted by molar-refractivity contribution is 7.88. The van der Waals surface area contributed by atoms with Gasteiger partial charge in [0, 0.05) is 11.1 Å². The number of nitrogens with zero attached hydrogens (tertiary/aromatic N) is 2. The van der Waals surface area contributed by atoms with Crippen LogP contribution in [-0.2, 0) is 26.5 Å². The Morgan fingerprint density at radius 1 is 0.818 bits per heavy atom. The predicted molar refractivity (Wildman–Crippen MR) is 85.4 cm³/mol. The van der Waals surface area contributed by atoms with Gasteiger partial charge in [0.15, 0.2) is 4.87 Å². The first-order valence-corrected chi connectivity index (χ1v) is 9.25. The molecule has 0 bridgehead atoms. The van der Waals surface area contributed by atoms with Gasteiger partial charge in [0.2, 0.25) is 4.87 Å². The van der Waals surface area contributed by atoms with Gasteiger partial charge in [-0.25, -0.2) is 4.21 Å². The number of fused-ring (bicyclic) bond motifs is 4. The normalized spacial score (nSPS) is 31.0. The van der Waals surface area contributed by atoms with Crippen LogP contribution in [0.2, 0.25) is 0 Å². The van der Waals surface area contributed by atoms with E-state index in [1.54, 1.807) is 0 Å². The summed E-state index contributed by atoms with van der Waals surface area (Å²) in [5.41, 5.74) is 1.47. The minimum absolute atomic E-state index is 0.672. The molecule has 0 N–H and O–H groups in total. The van der Waals surface area contributed by atoms with E-state index in [-0.39, 0.29) is 0 Å². The molecule has 2 aliphatic heterocycles. The second kappa shape index (κ2) is 4.43. The number of benzene rings is 2. The summed E-state index contributed by atoms with van der Waals surface area (Å²) in [5, 5.41) is 8.74. The minimum Gasteiger partial charge on any atom is -0.254 e. The van der Waals surface area contributed by atoms with E-state index in [1.165, 1.54) is 0 Å². The topological polar surface area (TPSA) is 58.9 Å². The second-order valence-electron chi connectivity index (χ2n) is 5.82. The van der Waals surface area contributed by atoms with Crippen LogP contribution in [0.1, 0.15) is 25.0 Å². The first-order valence-electron chi connectivity index (χ1n) is 6.95. The Labute approximate surface area is 133 Å². The Balaban J connectivity index is 2.14. The summed E-state index contributed by atoms with van der Waals surface area (Å²) in [7, 11) is -2.67. The highest BCUT2D eigenvalue weighted by Gasteiger charge is 2.57. The molecule has 0 amide bonds. The SMILES string of the molecule is CC1(C)N=NC2(c3ccccc3S(=O)c3ccccc32)S1=O. The second-order valence-corrected chi connectivity index (χ2v) is 9.37. The Bertz CT molecular complexity index is 824. The monoisotopic (exact) mass is 330 g/mol. The summed E-state index contributed by atoms with van der Waals surface area (Å²) < 4.78 is 26.1. The maximum absolute atomic E-state index is 13.3. The summed E-state index contributed by atoms with van der Waals surface area (Å²) in [4.78, 5) is -0.471. The van der Waals surface area contributed by atoms with Crippen molar-refractivity contribution in [3.8, 4) is 0 Å². The Morgan fingerprint density at radius 2 is 1.32 bits per heavy atom. The van der Waals surface area contributed by atoms with Gasteiger partial charge in [0.1, 0.15) is 0 Å². The van der Waals surface area contributed by atoms with Crippen molar-refractivity contribution in [3.05, 3.63) is 59.7 Å². The Kier molecular flexibility index (Phi) is 2.81. The van der Waals surface area contributed by atoms with Gasteiger partial charge in [0.25, 0.3) is 0 Å². The molecule has 4 nitrogen and oxygen atoms in total. The minimum atomic E-state index is -1.38. The molecular formula is C16H14N2O2S2. The smallest absolute Gasteiger partial charge is 0.210 e. The van der Waals surface area contributed by atoms with Gasteiger partial charge in [-0.05, 0) is 26.0 Å². The van der Waals surface area contributed by atoms with Crippen LogP contribution >= 0.6 is 0 Å². The lowest BCUT2D eigenvalue weighted by Gasteiger charge is -2.33. The van der Waals surface area contributed by atoms with Crippen molar-refractivity contribution in [1.29, 1.82) is 0 Å². The third-order valence-electron chi connectivity index (χ3n) is 4.06. The standard InChI is InChI=1S/C16H14N2O2S2/c1-15(2)17-18-16(22(15)20)11-7-3-5-9-13(11)21(19)14-10-6-4-8-12(14)16/h3-10H,1-2H3. The van der Waals surface area contributed by atoms with Crippen molar-refractivity contribution < 1.29 is 8.42 Å². The average molecular weight is 330 g/mol. The third-order valence-corrected chi connectivity index (χ3v) is 7.62. The molecule has 0 radical (unpaired) electrons. The lowest BCUT2D eigenvalue weighted by Crippen LogP contribution is -2.39. The quantitative estimate of drug-likeness (QED) is 0.744. The van der Waals surface area contributed by atoms with E-state index >= 15 is 0 Å². The van der Waals surface area contributed by atoms with Crippen molar-refractivity contribution in [2.24, 2.45) is 10.2 Å². The Hall–Kier alpha value is -1.66. The molecule has 0 aromatic heterocycles. The summed E-state index contributed by atoms with van der Waals surface area (Å²) in [6.07, 6.45) is 0. The van der Waals surface area contributed by atoms with E-state index in [0.29, 0.717) is 9.79 Å². The number of hydrogen-bond acceptors (Lipinski definition) is 4. The molecular weight excluding hydrogens is 316 g/mol. The van der Waals surface area contributed by atoms with Crippen LogP contribution in [0.5, 0.6) is 0 Å². The van der Waals surface area contributed by atoms with Crippen molar-refractivity contribution in [1.82, 2.24) is 0 Å². The predicted octanol–water partition coefficient (Wildman–Crippen LogP) is 3.32. The van der Waals surface area contributed by atoms with Gasteiger partial charge in [-0.1, -0.05) is 36.4 Å². The van der Waals surface area contributed by atoms with Gasteiger partial charge < -0.3 is 0 Å². The zero-order valence-corrected chi connectivity index (χ0v) is 13.8. The van der Waals surface area contributed by atoms with Crippen LogP contribution in [0.15, 0.2) is 68.6 Å². The van der Waals surface area contributed by atoms with Crippen molar-refractivity contribution in [3.63, 3.8) is 0 Å². The lowest BCUT2D eigenvalue weighted by atomic mass is 9.98. The van der Waals surface area contributed by atoms with Crippen molar-refractivity contribution in [2.45, 2.75) is 33.4 Å². The summed E-state index contributed by atoms with van der Waals surface area (Å²) in [6.45, 7) is 3.64. The van der Waals surface area contributed by atoms with Crippen LogP contribution in [0.4, 0.5) is 0 Å². The van der Waals surface area contributed by atoms with Crippen LogP contribution in [0.25, 0.3) is 0 Å². The maximum Gasteiger partial charge on any atom is 0.210 e. The summed E-state index contributed by atoms with van der Waals surface area (Å²) in [5.74, 6) is 0. The van der Waals surface area contributed by atoms with Gasteiger partial charge in [0.05, 0.1) is 31.4 Å². The van der Waals surface area contributed by atoms with Gasteiger partial charge in [-0.15, -0.1) is 0 Å². The first kappa shape index (κ1) is 14.0. The van der Waals surface area contributed by atoms with E-state index in [1.807, 2.05) is 62.4 Å². The molecule has 112 valence electrons. The number of hydrogen-bond donors (Lipinski definition) is 0. The van der Waals surface area contributed by atoms with E-state index in [4.69, 9.17) is 0 Å². The molecule has 2 heterocycles. The van der Waals surface area contributed by atoms with Gasteiger partial charge >= 0.3 is 0 Å². The summed E-state index contributed by atoms with van der Waals surface area (Å²) in [6, 6.07) is 14.8. The first-order chi connectivity index (χ1) is 10.5.